The number of quaternary nitrogens is 1. The zero-order valence-electron chi connectivity index (χ0n) is 43.6. The normalized spacial score (nSPS) is 12.3. The minimum Gasteiger partial charge on any atom is -0.326 e. The molecule has 0 bridgehead atoms. The Morgan fingerprint density at radius 1 is 0.203 bits per heavy atom. The summed E-state index contributed by atoms with van der Waals surface area (Å²) in [6.45, 7) is 20.6. The van der Waals surface area contributed by atoms with Crippen LogP contribution in [-0.2, 0) is 0 Å². The van der Waals surface area contributed by atoms with Crippen molar-refractivity contribution in [3.05, 3.63) is 0 Å². The first-order valence-corrected chi connectivity index (χ1v) is 31.6. The Morgan fingerprint density at radius 2 is 0.356 bits per heavy atom. The summed E-state index contributed by atoms with van der Waals surface area (Å²) in [5.74, 6) is 0. The largest absolute Gasteiger partial charge is 0.326 e. The average Bonchev–Trinajstić information content (AvgIpc) is 3.24. The Kier molecular flexibility index (Phi) is 53.2. The van der Waals surface area contributed by atoms with E-state index >= 15 is 0 Å². The fourth-order valence-electron chi connectivity index (χ4n) is 10.0. The molecule has 0 heterocycles. The molecule has 0 aliphatic carbocycles. The second kappa shape index (κ2) is 51.0. The molecule has 2 heteroatoms. The number of unbranched alkanes of at least 4 members (excludes halogenated alkanes) is 35. The van der Waals surface area contributed by atoms with Crippen LogP contribution in [0.3, 0.4) is 0 Å². The third-order valence-corrected chi connectivity index (χ3v) is 20.1. The average molecular weight is 854 g/mol. The van der Waals surface area contributed by atoms with Gasteiger partial charge in [-0.05, 0) is 38.5 Å². The van der Waals surface area contributed by atoms with Gasteiger partial charge in [-0.1, -0.05) is 111 Å². The number of rotatable bonds is 49. The Bertz CT molecular complexity index is 662. The predicted octanol–water partition coefficient (Wildman–Crippen LogP) is 20.7. The van der Waals surface area contributed by atoms with Gasteiger partial charge in [-0.2, -0.15) is 0 Å². The van der Waals surface area contributed by atoms with Gasteiger partial charge in [0, 0.05) is 0 Å². The van der Waals surface area contributed by atoms with E-state index in [4.69, 9.17) is 0 Å². The van der Waals surface area contributed by atoms with E-state index in [1.54, 1.807) is 50.3 Å². The molecule has 0 aromatic heterocycles. The Morgan fingerprint density at radius 3 is 0.559 bits per heavy atom. The monoisotopic (exact) mass is 853 g/mol. The van der Waals surface area contributed by atoms with Crippen molar-refractivity contribution in [1.29, 1.82) is 0 Å². The van der Waals surface area contributed by atoms with Crippen LogP contribution in [0.4, 0.5) is 0 Å². The molecule has 0 saturated carbocycles. The maximum absolute atomic E-state index is 2.56. The Balaban J connectivity index is 0. The predicted molar refractivity (Wildman–Crippen MR) is 282 cm³/mol. The number of hydrogen-bond donors (Lipinski definition) is 0. The van der Waals surface area contributed by atoms with Gasteiger partial charge in [-0.3, -0.25) is 0 Å². The molecule has 0 N–H and O–H groups in total. The molecule has 0 atom stereocenters. The summed E-state index contributed by atoms with van der Waals surface area (Å²) in [6, 6.07) is 0. The van der Waals surface area contributed by atoms with E-state index in [2.05, 4.69) is 55.5 Å². The first-order chi connectivity index (χ1) is 28.9. The van der Waals surface area contributed by atoms with E-state index in [1.165, 1.54) is 268 Å². The fraction of sp³-hybridized carbons (Fsp3) is 1.00. The Hall–Kier alpha value is 0.390. The molecule has 360 valence electrons. The zero-order valence-corrected chi connectivity index (χ0v) is 44.6. The van der Waals surface area contributed by atoms with Crippen molar-refractivity contribution < 1.29 is 4.48 Å². The fourth-order valence-corrected chi connectivity index (χ4v) is 15.5. The van der Waals surface area contributed by atoms with Crippen molar-refractivity contribution in [3.8, 4) is 0 Å². The third kappa shape index (κ3) is 46.2. The van der Waals surface area contributed by atoms with Gasteiger partial charge in [-0.25, -0.2) is 0 Å². The standard InChI is InChI=1S/C32H69P.C25H54N/c1-5-9-13-17-18-19-20-21-22-23-24-28-32-33(29-25-14-10-6-2,30-26-15-11-7-3)31-27-16-12-8-4;1-5-8-11-14-17-20-23-26(4,24-21-18-15-12-9-6-2)25-22-19-16-13-10-7-3/h33H,5-32H2,1-4H3;5-25H2,1-4H3/q;+1. The zero-order chi connectivity index (χ0) is 43.6. The van der Waals surface area contributed by atoms with Crippen molar-refractivity contribution in [2.45, 2.75) is 318 Å². The van der Waals surface area contributed by atoms with Gasteiger partial charge in [-0.15, -0.1) is 0 Å². The van der Waals surface area contributed by atoms with E-state index in [1.807, 2.05) is 0 Å². The molecule has 0 amide bonds. The topological polar surface area (TPSA) is 0 Å². The van der Waals surface area contributed by atoms with E-state index in [-0.39, 0.29) is 0 Å². The van der Waals surface area contributed by atoms with Crippen LogP contribution in [0.1, 0.15) is 318 Å². The van der Waals surface area contributed by atoms with Gasteiger partial charge >= 0.3 is 200 Å². The first-order valence-electron chi connectivity index (χ1n) is 28.8. The van der Waals surface area contributed by atoms with E-state index in [0.29, 0.717) is 0 Å². The van der Waals surface area contributed by atoms with Gasteiger partial charge in [0.25, 0.3) is 0 Å². The van der Waals surface area contributed by atoms with E-state index < -0.39 is 7.26 Å². The molecule has 0 fully saturated rings. The van der Waals surface area contributed by atoms with Crippen LogP contribution in [0.25, 0.3) is 0 Å². The molecule has 0 aliphatic heterocycles. The maximum Gasteiger partial charge on any atom is 0.0784 e. The molecular formula is C57H123NP+. The van der Waals surface area contributed by atoms with Gasteiger partial charge in [0.15, 0.2) is 0 Å². The van der Waals surface area contributed by atoms with Crippen LogP contribution in [0.5, 0.6) is 0 Å². The van der Waals surface area contributed by atoms with Crippen molar-refractivity contribution in [1.82, 2.24) is 0 Å². The first kappa shape index (κ1) is 61.5. The van der Waals surface area contributed by atoms with Crippen LogP contribution in [-0.4, -0.2) is 55.8 Å². The summed E-state index contributed by atoms with van der Waals surface area (Å²) >= 11 is 0. The molecule has 0 aliphatic rings. The summed E-state index contributed by atoms with van der Waals surface area (Å²) < 4.78 is 1.36. The van der Waals surface area contributed by atoms with Gasteiger partial charge in [0.05, 0.1) is 26.7 Å². The molecule has 0 rings (SSSR count). The SMILES string of the molecule is CCCCCCCCCCCCCC[PH](CCCCCC)(CCCCCC)CCCCCC.CCCCCCCC[N+](C)(CCCCCCCC)CCCCCCCC. The quantitative estimate of drug-likeness (QED) is 0.0325. The third-order valence-electron chi connectivity index (χ3n) is 14.4. The van der Waals surface area contributed by atoms with Crippen LogP contribution in [0, 0.1) is 0 Å². The van der Waals surface area contributed by atoms with Crippen molar-refractivity contribution in [3.63, 3.8) is 0 Å². The van der Waals surface area contributed by atoms with Gasteiger partial charge < -0.3 is 4.48 Å². The molecule has 0 radical (unpaired) electrons. The summed E-state index contributed by atoms with van der Waals surface area (Å²) in [7, 11) is 1.52. The summed E-state index contributed by atoms with van der Waals surface area (Å²) in [4.78, 5) is 0. The molecule has 59 heavy (non-hydrogen) atoms. The van der Waals surface area contributed by atoms with Gasteiger partial charge in [0.2, 0.25) is 0 Å². The number of nitrogens with zero attached hydrogens (tertiary/aromatic N) is 1. The summed E-state index contributed by atoms with van der Waals surface area (Å²) in [5, 5.41) is 0. The van der Waals surface area contributed by atoms with Crippen LogP contribution in [0.15, 0.2) is 0 Å². The molecule has 0 spiro atoms. The molecule has 0 aromatic carbocycles. The molecule has 0 unspecified atom stereocenters. The molecule has 1 nitrogen and oxygen atoms in total. The maximum atomic E-state index is 2.56. The van der Waals surface area contributed by atoms with Crippen molar-refractivity contribution in [2.75, 3.05) is 51.3 Å². The smallest absolute Gasteiger partial charge is 0.0784 e. The number of hydrogen-bond acceptors (Lipinski definition) is 0. The summed E-state index contributed by atoms with van der Waals surface area (Å²) in [5.41, 5.74) is 0. The van der Waals surface area contributed by atoms with Crippen LogP contribution in [0.2, 0.25) is 0 Å². The molecule has 0 aromatic rings. The van der Waals surface area contributed by atoms with Crippen molar-refractivity contribution >= 4 is 7.26 Å². The minimum atomic E-state index is -1.04. The van der Waals surface area contributed by atoms with E-state index in [0.717, 1.165) is 0 Å². The van der Waals surface area contributed by atoms with Crippen LogP contribution < -0.4 is 0 Å². The summed E-state index contributed by atoms with van der Waals surface area (Å²) in [6.07, 6.45) is 68.2. The van der Waals surface area contributed by atoms with Crippen molar-refractivity contribution in [2.24, 2.45) is 0 Å². The second-order valence-electron chi connectivity index (χ2n) is 20.7. The van der Waals surface area contributed by atoms with Gasteiger partial charge in [0.1, 0.15) is 0 Å². The van der Waals surface area contributed by atoms with Crippen LogP contribution >= 0.6 is 7.26 Å². The van der Waals surface area contributed by atoms with E-state index in [9.17, 15) is 0 Å². The molecular weight excluding hydrogens is 730 g/mol. The molecule has 0 saturated heterocycles. The minimum absolute atomic E-state index is 1.04. The Labute approximate surface area is 379 Å². The second-order valence-corrected chi connectivity index (χ2v) is 25.7.